The number of amides is 2. The number of unbranched alkanes of at least 4 members (excludes halogenated alkanes) is 9. The fourth-order valence-electron chi connectivity index (χ4n) is 9.97. The van der Waals surface area contributed by atoms with Crippen molar-refractivity contribution in [2.45, 2.75) is 174 Å². The zero-order chi connectivity index (χ0) is 96.4. The van der Waals surface area contributed by atoms with Crippen molar-refractivity contribution in [1.82, 2.24) is 10.6 Å². The molecule has 124 heavy (non-hydrogen) atoms. The van der Waals surface area contributed by atoms with E-state index >= 15 is 0 Å². The molecule has 0 bridgehead atoms. The second kappa shape index (κ2) is 46.4. The smallest absolute Gasteiger partial charge is 0.354 e. The van der Waals surface area contributed by atoms with Crippen molar-refractivity contribution in [1.29, 1.82) is 0 Å². The Morgan fingerprint density at radius 3 is 0.685 bits per heavy atom. The molecule has 0 spiro atoms. The molecule has 1 unspecified atom stereocenters. The molecule has 0 aromatic rings. The van der Waals surface area contributed by atoms with E-state index in [1.54, 1.807) is 10.6 Å². The Kier molecular flexibility index (Phi) is 43.7. The van der Waals surface area contributed by atoms with E-state index in [2.05, 4.69) is 66.9 Å². The van der Waals surface area contributed by atoms with Crippen molar-refractivity contribution >= 4 is 178 Å². The quantitative estimate of drug-likeness (QED) is 0.0199. The van der Waals surface area contributed by atoms with Gasteiger partial charge in [-0.2, -0.15) is 135 Å². The van der Waals surface area contributed by atoms with Crippen LogP contribution in [-0.2, 0) is 262 Å². The highest BCUT2D eigenvalue weighted by molar-refractivity contribution is 7.84. The molecule has 0 aromatic heterocycles. The van der Waals surface area contributed by atoms with E-state index in [1.165, 1.54) is 0 Å². The third-order valence-corrected chi connectivity index (χ3v) is 21.1. The van der Waals surface area contributed by atoms with Gasteiger partial charge in [0.2, 0.25) is 0 Å². The summed E-state index contributed by atoms with van der Waals surface area (Å²) in [4.78, 5) is 27.9. The first-order chi connectivity index (χ1) is 55.3. The Balaban J connectivity index is 2.63. The topological polar surface area (TPSA) is 1110 Å². The monoisotopic (exact) mass is 2160 g/mol. The standard InChI is InChI=1S/C36H68N2O70S16/c39-33(29(105-121(77,78)79)25(101-117(65,66)67)21(19(97-113(53,54)55)15-91-111(47,48)49)95-35-31(107-123(83,84)85)27(103-119(71,72)73)23(99-115(59,60)61)17(93-35)13-89-109(41,42)43)37-11-9-7-5-3-1-2-4-6-8-10-12-38-34(40)30(106-122(80,81)82)26(102-118(68,69)70)22(20(98-114(56,57)58)16-92-112(50,51)52)96-36-32(108-124(86,87)88)28(104-120(74,75)76)24(100-116(62,63)64)18(94-36)14-90-110(44,45)46/h17-32,35-36H,1-16H2,(H,37,39)(H,38,40)(H,41,42,43)(H,44,45,46)(H,47,48,49)(H,50,51,52)(H,53,54,55)(H,56,57,58)(H,59,60,61)(H,62,63,64)(H,65,66,67)(H,68,69,70)(H,71,72,73)(H,74,75,76)(H,77,78,79)(H,80,81,82)(H,83,84,85)(H,86,87,88)/t17-,18+,19+,20-,21-,22-,23-,24-,25-,26-,27-,28-,29-,30+,31?,32-,35-,36+/m0/s1. The average molecular weight is 2160 g/mol. The van der Waals surface area contributed by atoms with E-state index in [0.29, 0.717) is 0 Å². The van der Waals surface area contributed by atoms with Crippen molar-refractivity contribution < 1.29 is 303 Å². The fourth-order valence-corrected chi connectivity index (χ4v) is 17.0. The normalized spacial score (nSPS) is 23.4. The molecule has 0 aromatic carbocycles. The largest absolute Gasteiger partial charge is 0.398 e. The lowest BCUT2D eigenvalue weighted by molar-refractivity contribution is -0.312. The number of carbonyl (C=O) groups excluding carboxylic acids is 2. The molecule has 0 saturated carbocycles. The highest BCUT2D eigenvalue weighted by atomic mass is 32.3. The lowest BCUT2D eigenvalue weighted by Crippen LogP contribution is -2.65. The lowest BCUT2D eigenvalue weighted by Gasteiger charge is -2.45. The van der Waals surface area contributed by atoms with Gasteiger partial charge in [0.1, 0.15) is 73.2 Å². The van der Waals surface area contributed by atoms with Crippen LogP contribution in [0, 0.1) is 0 Å². The molecular formula is C36H68N2O70S16. The molecule has 2 saturated heterocycles. The molecule has 88 heteroatoms. The molecule has 18 N–H and O–H groups in total. The molecule has 18 atom stereocenters. The van der Waals surface area contributed by atoms with Crippen LogP contribution in [0.1, 0.15) is 64.2 Å². The number of ether oxygens (including phenoxy) is 4. The van der Waals surface area contributed by atoms with Crippen LogP contribution in [0.5, 0.6) is 0 Å². The van der Waals surface area contributed by atoms with Crippen molar-refractivity contribution in [3.05, 3.63) is 0 Å². The van der Waals surface area contributed by atoms with Crippen LogP contribution in [0.15, 0.2) is 0 Å². The van der Waals surface area contributed by atoms with E-state index in [1.807, 2.05) is 0 Å². The van der Waals surface area contributed by atoms with Crippen molar-refractivity contribution in [3.8, 4) is 0 Å². The van der Waals surface area contributed by atoms with Gasteiger partial charge in [-0.1, -0.05) is 51.4 Å². The van der Waals surface area contributed by atoms with Gasteiger partial charge in [0.05, 0.1) is 26.4 Å². The molecule has 2 heterocycles. The van der Waals surface area contributed by atoms with E-state index in [0.717, 1.165) is 0 Å². The van der Waals surface area contributed by atoms with Crippen molar-refractivity contribution in [3.63, 3.8) is 0 Å². The predicted octanol–water partition coefficient (Wildman–Crippen LogP) is -11.1. The maximum absolute atomic E-state index is 14.0. The van der Waals surface area contributed by atoms with Crippen LogP contribution in [0.2, 0.25) is 0 Å². The van der Waals surface area contributed by atoms with E-state index < -0.39 is 328 Å². The van der Waals surface area contributed by atoms with Gasteiger partial charge < -0.3 is 29.6 Å². The van der Waals surface area contributed by atoms with E-state index in [-0.39, 0.29) is 64.2 Å². The van der Waals surface area contributed by atoms with Gasteiger partial charge in [0, 0.05) is 13.1 Å². The Morgan fingerprint density at radius 1 is 0.250 bits per heavy atom. The summed E-state index contributed by atoms with van der Waals surface area (Å²) in [5.74, 6) is -4.55. The molecule has 0 aliphatic carbocycles. The zero-order valence-electron chi connectivity index (χ0n) is 59.4. The van der Waals surface area contributed by atoms with Crippen LogP contribution >= 0.6 is 0 Å². The molecule has 2 fully saturated rings. The van der Waals surface area contributed by atoms with Crippen LogP contribution in [0.3, 0.4) is 0 Å². The first-order valence-electron chi connectivity index (χ1n) is 30.8. The minimum atomic E-state index is -6.66. The van der Waals surface area contributed by atoms with Crippen LogP contribution in [0.25, 0.3) is 0 Å². The summed E-state index contributed by atoms with van der Waals surface area (Å²) in [6.45, 7) is -11.0. The molecule has 2 aliphatic rings. The van der Waals surface area contributed by atoms with Gasteiger partial charge in [0.25, 0.3) is 11.8 Å². The fraction of sp³-hybridized carbons (Fsp3) is 0.944. The van der Waals surface area contributed by atoms with E-state index in [9.17, 15) is 217 Å². The summed E-state index contributed by atoms with van der Waals surface area (Å²) in [7, 11) is -102. The van der Waals surface area contributed by atoms with Crippen LogP contribution in [-0.4, -0.2) is 369 Å². The first-order valence-corrected chi connectivity index (χ1v) is 52.6. The van der Waals surface area contributed by atoms with Crippen LogP contribution < -0.4 is 10.6 Å². The minimum absolute atomic E-state index is 0.0777. The molecule has 738 valence electrons. The predicted molar refractivity (Wildman–Crippen MR) is 366 cm³/mol. The Labute approximate surface area is 701 Å². The summed E-state index contributed by atoms with van der Waals surface area (Å²) in [5, 5.41) is 3.53. The second-order valence-electron chi connectivity index (χ2n) is 23.2. The first kappa shape index (κ1) is 117. The summed E-state index contributed by atoms with van der Waals surface area (Å²) < 4.78 is 628. The Bertz CT molecular complexity index is 5210. The number of rotatable bonds is 61. The molecule has 2 rings (SSSR count). The highest BCUT2D eigenvalue weighted by Gasteiger charge is 2.60. The van der Waals surface area contributed by atoms with Gasteiger partial charge >= 0.3 is 166 Å². The maximum atomic E-state index is 14.0. The minimum Gasteiger partial charge on any atom is -0.354 e. The summed E-state index contributed by atoms with van der Waals surface area (Å²) in [6, 6.07) is 0. The van der Waals surface area contributed by atoms with E-state index in [4.69, 9.17) is 18.9 Å². The highest BCUT2D eigenvalue weighted by Crippen LogP contribution is 2.38. The Morgan fingerprint density at radius 2 is 0.468 bits per heavy atom. The van der Waals surface area contributed by atoms with Crippen molar-refractivity contribution in [2.75, 3.05) is 39.5 Å². The molecule has 72 nitrogen and oxygen atoms in total. The van der Waals surface area contributed by atoms with Gasteiger partial charge in [-0.3, -0.25) is 82.4 Å². The van der Waals surface area contributed by atoms with Gasteiger partial charge in [-0.05, 0) is 12.8 Å². The number of nitrogens with one attached hydrogen (secondary N) is 2. The Hall–Kier alpha value is -3.30. The second-order valence-corrected chi connectivity index (χ2v) is 40.1. The number of carbonyl (C=O) groups is 2. The lowest BCUT2D eigenvalue weighted by atomic mass is 9.98. The third kappa shape index (κ3) is 52.1. The van der Waals surface area contributed by atoms with Gasteiger partial charge in [-0.15, -0.1) is 0 Å². The summed E-state index contributed by atoms with van der Waals surface area (Å²) in [6.07, 6.45) is -66.3. The number of hydrogen-bond acceptors (Lipinski definition) is 54. The molecule has 2 aliphatic heterocycles. The summed E-state index contributed by atoms with van der Waals surface area (Å²) in [5.41, 5.74) is 0. The zero-order valence-corrected chi connectivity index (χ0v) is 72.5. The molecule has 0 radical (unpaired) electrons. The summed E-state index contributed by atoms with van der Waals surface area (Å²) >= 11 is 0. The molecular weight excluding hydrogens is 2090 g/mol. The number of hydrogen-bond donors (Lipinski definition) is 18. The third-order valence-electron chi connectivity index (χ3n) is 13.8. The van der Waals surface area contributed by atoms with Crippen molar-refractivity contribution in [2.24, 2.45) is 0 Å². The van der Waals surface area contributed by atoms with Gasteiger partial charge in [0.15, 0.2) is 37.0 Å². The molecule has 2 amide bonds. The van der Waals surface area contributed by atoms with Crippen LogP contribution in [0.4, 0.5) is 0 Å². The van der Waals surface area contributed by atoms with Gasteiger partial charge in [-0.25, -0.2) is 66.9 Å². The maximum Gasteiger partial charge on any atom is 0.398 e. The SMILES string of the molecule is O=C(NCCCCCCCCCCCCNC(=O)[C@H](OS(=O)(=O)O)[C@@H](OS(=O)(=O)O)[C@@H](O[C@H]1O[C@H](COS(=O)(=O)O)[C@H](OS(=O)(=O)O)[C@H](OS(=O)(=O)O)[C@@H]1OS(=O)(=O)O)[C@H](COS(=O)(=O)O)OS(=O)(=O)O)[C@@H](OS(=O)(=O)O)[C@@H](OS(=O)(=O)O)[C@@H](O[C@@H]1O[C@@H](COS(=O)(=O)O)[C@H](OS(=O)(=O)O)[C@H](OS(=O)(=O)O)C1OS(=O)(=O)O)[C@@H](COS(=O)(=O)O)OS(=O)(=O)O. The average Bonchev–Trinajstić information content (AvgIpc) is 0.765.